The van der Waals surface area contributed by atoms with E-state index >= 15 is 0 Å². The molecule has 2 unspecified atom stereocenters. The van der Waals surface area contributed by atoms with E-state index in [0.29, 0.717) is 5.92 Å². The fourth-order valence-electron chi connectivity index (χ4n) is 3.75. The van der Waals surface area contributed by atoms with Crippen molar-refractivity contribution in [2.75, 3.05) is 0 Å². The van der Waals surface area contributed by atoms with Crippen LogP contribution in [0.2, 0.25) is 0 Å². The third kappa shape index (κ3) is 2.63. The van der Waals surface area contributed by atoms with Crippen molar-refractivity contribution in [3.8, 4) is 0 Å². The summed E-state index contributed by atoms with van der Waals surface area (Å²) in [6, 6.07) is 0.247. The van der Waals surface area contributed by atoms with Crippen molar-refractivity contribution < 1.29 is 14.7 Å². The summed E-state index contributed by atoms with van der Waals surface area (Å²) in [7, 11) is 0. The van der Waals surface area contributed by atoms with Crippen LogP contribution in [-0.4, -0.2) is 23.0 Å². The average Bonchev–Trinajstić information content (AvgIpc) is 2.93. The molecule has 4 nitrogen and oxygen atoms in total. The molecule has 0 spiro atoms. The molecule has 2 fully saturated rings. The summed E-state index contributed by atoms with van der Waals surface area (Å²) in [6.07, 6.45) is 5.71. The van der Waals surface area contributed by atoms with Gasteiger partial charge in [0.2, 0.25) is 5.91 Å². The van der Waals surface area contributed by atoms with Crippen LogP contribution >= 0.6 is 0 Å². The molecule has 0 radical (unpaired) electrons. The van der Waals surface area contributed by atoms with Gasteiger partial charge in [-0.05, 0) is 24.2 Å². The van der Waals surface area contributed by atoms with Gasteiger partial charge in [-0.15, -0.1) is 0 Å². The number of aliphatic carboxylic acids is 1. The highest BCUT2D eigenvalue weighted by molar-refractivity contribution is 5.91. The number of carboxylic acid groups (broad SMARTS) is 1. The number of carbonyl (C=O) groups is 2. The van der Waals surface area contributed by atoms with Crippen LogP contribution in [0.15, 0.2) is 0 Å². The second kappa shape index (κ2) is 5.14. The second-order valence-electron chi connectivity index (χ2n) is 6.68. The standard InChI is InChI=1S/C15H25NO3/c1-4-9-7-5-6-8-10(9)16-13(17)11-12(14(18)19)15(11,2)3/h9-12H,4-8H2,1-3H3,(H,16,17)(H,18,19)/t9?,10?,11-,12+/m1/s1. The lowest BCUT2D eigenvalue weighted by Crippen LogP contribution is -2.43. The first-order valence-electron chi connectivity index (χ1n) is 7.42. The number of hydrogen-bond donors (Lipinski definition) is 2. The summed E-state index contributed by atoms with van der Waals surface area (Å²) in [4.78, 5) is 23.4. The molecule has 19 heavy (non-hydrogen) atoms. The normalized spacial score (nSPS) is 36.6. The molecule has 0 heterocycles. The van der Waals surface area contributed by atoms with Crippen molar-refractivity contribution in [3.05, 3.63) is 0 Å². The third-order valence-corrected chi connectivity index (χ3v) is 5.14. The quantitative estimate of drug-likeness (QED) is 0.822. The molecule has 1 amide bonds. The molecule has 0 aromatic carbocycles. The number of hydrogen-bond acceptors (Lipinski definition) is 2. The maximum Gasteiger partial charge on any atom is 0.307 e. The maximum absolute atomic E-state index is 12.3. The Morgan fingerprint density at radius 1 is 1.21 bits per heavy atom. The van der Waals surface area contributed by atoms with Crippen molar-refractivity contribution in [2.24, 2.45) is 23.2 Å². The van der Waals surface area contributed by atoms with E-state index in [1.165, 1.54) is 12.8 Å². The molecular formula is C15H25NO3. The summed E-state index contributed by atoms with van der Waals surface area (Å²) in [6.45, 7) is 5.90. The Kier molecular flexibility index (Phi) is 3.88. The van der Waals surface area contributed by atoms with Gasteiger partial charge in [0, 0.05) is 6.04 Å². The van der Waals surface area contributed by atoms with Crippen LogP contribution in [0.25, 0.3) is 0 Å². The van der Waals surface area contributed by atoms with Gasteiger partial charge in [-0.2, -0.15) is 0 Å². The van der Waals surface area contributed by atoms with E-state index in [1.54, 1.807) is 0 Å². The highest BCUT2D eigenvalue weighted by Crippen LogP contribution is 2.58. The van der Waals surface area contributed by atoms with Crippen LogP contribution in [0.4, 0.5) is 0 Å². The van der Waals surface area contributed by atoms with Gasteiger partial charge in [-0.3, -0.25) is 9.59 Å². The van der Waals surface area contributed by atoms with Crippen LogP contribution in [-0.2, 0) is 9.59 Å². The van der Waals surface area contributed by atoms with E-state index < -0.39 is 17.3 Å². The van der Waals surface area contributed by atoms with Gasteiger partial charge in [-0.25, -0.2) is 0 Å². The fraction of sp³-hybridized carbons (Fsp3) is 0.867. The van der Waals surface area contributed by atoms with Crippen molar-refractivity contribution in [1.29, 1.82) is 0 Å². The van der Waals surface area contributed by atoms with Gasteiger partial charge in [-0.1, -0.05) is 40.0 Å². The predicted molar refractivity (Wildman–Crippen MR) is 72.6 cm³/mol. The number of nitrogens with one attached hydrogen (secondary N) is 1. The summed E-state index contributed by atoms with van der Waals surface area (Å²) in [5, 5.41) is 12.3. The molecule has 2 rings (SSSR count). The summed E-state index contributed by atoms with van der Waals surface area (Å²) in [5.74, 6) is -1.22. The molecule has 4 atom stereocenters. The number of rotatable bonds is 4. The van der Waals surface area contributed by atoms with Gasteiger partial charge in [0.1, 0.15) is 0 Å². The van der Waals surface area contributed by atoms with E-state index in [1.807, 2.05) is 13.8 Å². The van der Waals surface area contributed by atoms with E-state index in [4.69, 9.17) is 5.11 Å². The first-order valence-corrected chi connectivity index (χ1v) is 7.42. The predicted octanol–water partition coefficient (Wildman–Crippen LogP) is 2.43. The van der Waals surface area contributed by atoms with Crippen LogP contribution in [0.3, 0.4) is 0 Å². The molecule has 0 aliphatic heterocycles. The smallest absolute Gasteiger partial charge is 0.307 e. The molecule has 2 aliphatic rings. The zero-order valence-corrected chi connectivity index (χ0v) is 12.1. The Labute approximate surface area is 115 Å². The monoisotopic (exact) mass is 267 g/mol. The Morgan fingerprint density at radius 3 is 2.37 bits per heavy atom. The van der Waals surface area contributed by atoms with E-state index in [-0.39, 0.29) is 17.9 Å². The van der Waals surface area contributed by atoms with Gasteiger partial charge in [0.25, 0.3) is 0 Å². The molecule has 0 saturated heterocycles. The van der Waals surface area contributed by atoms with Crippen LogP contribution < -0.4 is 5.32 Å². The molecular weight excluding hydrogens is 242 g/mol. The summed E-state index contributed by atoms with van der Waals surface area (Å²) < 4.78 is 0. The van der Waals surface area contributed by atoms with Crippen molar-refractivity contribution in [1.82, 2.24) is 5.32 Å². The highest BCUT2D eigenvalue weighted by Gasteiger charge is 2.66. The van der Waals surface area contributed by atoms with Gasteiger partial charge in [0.05, 0.1) is 11.8 Å². The van der Waals surface area contributed by atoms with Crippen LogP contribution in [0, 0.1) is 23.2 Å². The number of carbonyl (C=O) groups excluding carboxylic acids is 1. The average molecular weight is 267 g/mol. The molecule has 0 aromatic rings. The first kappa shape index (κ1) is 14.4. The van der Waals surface area contributed by atoms with Crippen molar-refractivity contribution in [3.63, 3.8) is 0 Å². The van der Waals surface area contributed by atoms with E-state index in [0.717, 1.165) is 19.3 Å². The topological polar surface area (TPSA) is 66.4 Å². The zero-order valence-electron chi connectivity index (χ0n) is 12.1. The molecule has 0 aromatic heterocycles. The van der Waals surface area contributed by atoms with Crippen molar-refractivity contribution >= 4 is 11.9 Å². The zero-order chi connectivity index (χ0) is 14.2. The molecule has 2 N–H and O–H groups in total. The lowest BCUT2D eigenvalue weighted by atomic mass is 9.83. The highest BCUT2D eigenvalue weighted by atomic mass is 16.4. The largest absolute Gasteiger partial charge is 0.481 e. The summed E-state index contributed by atoms with van der Waals surface area (Å²) >= 11 is 0. The van der Waals surface area contributed by atoms with Gasteiger partial charge < -0.3 is 10.4 Å². The minimum absolute atomic E-state index is 0.0530. The molecule has 2 saturated carbocycles. The lowest BCUT2D eigenvalue weighted by molar-refractivity contribution is -0.140. The minimum atomic E-state index is -0.846. The molecule has 108 valence electrons. The Hall–Kier alpha value is -1.06. The SMILES string of the molecule is CCC1CCCCC1NC(=O)[C@H]1[C@@H](C(=O)O)C1(C)C. The molecule has 0 bridgehead atoms. The maximum atomic E-state index is 12.3. The van der Waals surface area contributed by atoms with E-state index in [2.05, 4.69) is 12.2 Å². The number of amides is 1. The van der Waals surface area contributed by atoms with Crippen molar-refractivity contribution in [2.45, 2.75) is 58.9 Å². The third-order valence-electron chi connectivity index (χ3n) is 5.14. The summed E-state index contributed by atoms with van der Waals surface area (Å²) in [5.41, 5.74) is -0.397. The van der Waals surface area contributed by atoms with Gasteiger partial charge in [0.15, 0.2) is 0 Å². The fourth-order valence-corrected chi connectivity index (χ4v) is 3.75. The molecule has 4 heteroatoms. The van der Waals surface area contributed by atoms with E-state index in [9.17, 15) is 9.59 Å². The van der Waals surface area contributed by atoms with Crippen LogP contribution in [0.1, 0.15) is 52.9 Å². The van der Waals surface area contributed by atoms with Crippen LogP contribution in [0.5, 0.6) is 0 Å². The second-order valence-corrected chi connectivity index (χ2v) is 6.68. The van der Waals surface area contributed by atoms with Gasteiger partial charge >= 0.3 is 5.97 Å². The Balaban J connectivity index is 1.96. The first-order chi connectivity index (χ1) is 8.89. The Bertz CT molecular complexity index is 378. The Morgan fingerprint density at radius 2 is 1.84 bits per heavy atom. The molecule has 2 aliphatic carbocycles. The lowest BCUT2D eigenvalue weighted by Gasteiger charge is -2.31. The minimum Gasteiger partial charge on any atom is -0.481 e. The number of carboxylic acids is 1.